The predicted octanol–water partition coefficient (Wildman–Crippen LogP) is 10.8. The lowest BCUT2D eigenvalue weighted by Gasteiger charge is -2.16. The van der Waals surface area contributed by atoms with Gasteiger partial charge >= 0.3 is 0 Å². The van der Waals surface area contributed by atoms with E-state index in [-0.39, 0.29) is 0 Å². The Kier molecular flexibility index (Phi) is 4.51. The summed E-state index contributed by atoms with van der Waals surface area (Å²) in [7, 11) is 0. The molecule has 0 N–H and O–H groups in total. The van der Waals surface area contributed by atoms with Crippen LogP contribution in [0.1, 0.15) is 27.8 Å². The summed E-state index contributed by atoms with van der Waals surface area (Å²) in [6.07, 6.45) is 0. The van der Waals surface area contributed by atoms with Crippen molar-refractivity contribution in [3.63, 3.8) is 0 Å². The first kappa shape index (κ1) is 23.0. The normalized spacial score (nSPS) is 13.9. The van der Waals surface area contributed by atoms with Crippen LogP contribution in [0.4, 0.5) is 0 Å². The number of nitrogens with zero attached hydrogens (tertiary/aromatic N) is 1. The number of aromatic nitrogens is 1. The number of allylic oxidation sites excluding steroid dienone is 2. The summed E-state index contributed by atoms with van der Waals surface area (Å²) in [6, 6.07) is 55.8. The first-order valence-electron chi connectivity index (χ1n) is 15.0. The van der Waals surface area contributed by atoms with E-state index in [2.05, 4.69) is 156 Å². The number of benzene rings is 7. The van der Waals surface area contributed by atoms with Crippen LogP contribution < -0.4 is 0 Å². The summed E-state index contributed by atoms with van der Waals surface area (Å²) < 4.78 is 2.54. The molecule has 1 nitrogen and oxygen atoms in total. The molecule has 1 heteroatoms. The van der Waals surface area contributed by atoms with Crippen LogP contribution in [0.3, 0.4) is 0 Å². The molecule has 1 aromatic heterocycles. The molecule has 0 atom stereocenters. The van der Waals surface area contributed by atoms with Gasteiger partial charge in [0.25, 0.3) is 0 Å². The van der Waals surface area contributed by atoms with Gasteiger partial charge in [-0.05, 0) is 50.4 Å². The third-order valence-electron chi connectivity index (χ3n) is 9.49. The fraction of sp³-hybridized carbons (Fsp3) is 0. The summed E-state index contributed by atoms with van der Waals surface area (Å²) in [4.78, 5) is 0. The monoisotopic (exact) mass is 543 g/mol. The molecule has 7 aromatic carbocycles. The maximum absolute atomic E-state index is 2.54. The molecular formula is C42H25N. The Morgan fingerprint density at radius 2 is 0.814 bits per heavy atom. The molecule has 8 aromatic rings. The van der Waals surface area contributed by atoms with Gasteiger partial charge in [0.2, 0.25) is 0 Å². The minimum atomic E-state index is 1.24. The Bertz CT molecular complexity index is 2490. The zero-order valence-corrected chi connectivity index (χ0v) is 23.4. The minimum absolute atomic E-state index is 1.24. The molecule has 0 amide bonds. The van der Waals surface area contributed by atoms with Crippen molar-refractivity contribution in [3.8, 4) is 0 Å². The van der Waals surface area contributed by atoms with Crippen molar-refractivity contribution >= 4 is 65.8 Å². The molecule has 10 rings (SSSR count). The smallest absolute Gasteiger partial charge is 0.0626 e. The molecule has 2 aliphatic rings. The maximum Gasteiger partial charge on any atom is 0.0626 e. The number of rotatable bonds is 2. The van der Waals surface area contributed by atoms with Crippen LogP contribution in [0.2, 0.25) is 0 Å². The fourth-order valence-corrected chi connectivity index (χ4v) is 7.79. The number of hydrogen-bond acceptors (Lipinski definition) is 0. The molecule has 0 radical (unpaired) electrons. The van der Waals surface area contributed by atoms with Gasteiger partial charge in [0.1, 0.15) is 0 Å². The summed E-state index contributed by atoms with van der Waals surface area (Å²) in [6.45, 7) is 0. The van der Waals surface area contributed by atoms with Crippen LogP contribution >= 0.6 is 0 Å². The molecule has 0 fully saturated rings. The largest absolute Gasteiger partial charge is 0.308 e. The Morgan fingerprint density at radius 1 is 0.326 bits per heavy atom. The molecule has 0 bridgehead atoms. The Labute approximate surface area is 249 Å². The molecular weight excluding hydrogens is 518 g/mol. The summed E-state index contributed by atoms with van der Waals surface area (Å²) >= 11 is 0. The van der Waals surface area contributed by atoms with Crippen molar-refractivity contribution in [3.05, 3.63) is 179 Å². The summed E-state index contributed by atoms with van der Waals surface area (Å²) in [5.41, 5.74) is 14.3. The van der Waals surface area contributed by atoms with E-state index in [0.29, 0.717) is 0 Å². The first-order chi connectivity index (χ1) is 21.4. The van der Waals surface area contributed by atoms with Gasteiger partial charge in [0.05, 0.1) is 16.7 Å². The van der Waals surface area contributed by atoms with Crippen molar-refractivity contribution < 1.29 is 0 Å². The van der Waals surface area contributed by atoms with Crippen LogP contribution in [-0.4, -0.2) is 4.57 Å². The van der Waals surface area contributed by atoms with E-state index in [4.69, 9.17) is 0 Å². The Balaban J connectivity index is 1.49. The highest BCUT2D eigenvalue weighted by Crippen LogP contribution is 2.60. The van der Waals surface area contributed by atoms with E-state index in [1.54, 1.807) is 0 Å². The van der Waals surface area contributed by atoms with E-state index in [1.807, 2.05) is 0 Å². The average Bonchev–Trinajstić information content (AvgIpc) is 3.70. The molecule has 0 spiro atoms. The lowest BCUT2D eigenvalue weighted by molar-refractivity contribution is 1.23. The molecule has 0 unspecified atom stereocenters. The molecule has 43 heavy (non-hydrogen) atoms. The van der Waals surface area contributed by atoms with Gasteiger partial charge in [-0.25, -0.2) is 0 Å². The van der Waals surface area contributed by atoms with Gasteiger partial charge in [-0.1, -0.05) is 140 Å². The molecule has 2 aliphatic carbocycles. The molecule has 0 saturated carbocycles. The van der Waals surface area contributed by atoms with E-state index >= 15 is 0 Å². The highest BCUT2D eigenvalue weighted by atomic mass is 15.0. The van der Waals surface area contributed by atoms with Crippen LogP contribution in [0.5, 0.6) is 0 Å². The zero-order chi connectivity index (χ0) is 28.1. The molecule has 198 valence electrons. The highest BCUT2D eigenvalue weighted by Gasteiger charge is 2.40. The Morgan fingerprint density at radius 3 is 1.44 bits per heavy atom. The lowest BCUT2D eigenvalue weighted by Crippen LogP contribution is -2.00. The predicted molar refractivity (Wildman–Crippen MR) is 182 cm³/mol. The second-order valence-corrected chi connectivity index (χ2v) is 11.6. The van der Waals surface area contributed by atoms with Crippen molar-refractivity contribution in [1.29, 1.82) is 0 Å². The van der Waals surface area contributed by atoms with Crippen LogP contribution in [0.15, 0.2) is 152 Å². The highest BCUT2D eigenvalue weighted by molar-refractivity contribution is 6.39. The number of para-hydroxylation sites is 2. The van der Waals surface area contributed by atoms with E-state index in [0.717, 1.165) is 0 Å². The van der Waals surface area contributed by atoms with Gasteiger partial charge in [0, 0.05) is 38.6 Å². The second-order valence-electron chi connectivity index (χ2n) is 11.6. The van der Waals surface area contributed by atoms with Crippen molar-refractivity contribution in [1.82, 2.24) is 4.57 Å². The van der Waals surface area contributed by atoms with Crippen LogP contribution in [-0.2, 0) is 0 Å². The summed E-state index contributed by atoms with van der Waals surface area (Å²) in [5.74, 6) is 0. The molecule has 1 heterocycles. The average molecular weight is 544 g/mol. The van der Waals surface area contributed by atoms with Gasteiger partial charge in [-0.2, -0.15) is 0 Å². The van der Waals surface area contributed by atoms with Gasteiger partial charge in [0.15, 0.2) is 0 Å². The van der Waals surface area contributed by atoms with Crippen molar-refractivity contribution in [2.24, 2.45) is 0 Å². The lowest BCUT2D eigenvalue weighted by atomic mass is 9.90. The standard InChI is InChI=1S/C42H25N/c1-2-14-28(15-3-1)37-33-24-22-26-12-4-6-16-29(26)38(33)41-40(37)39-30-17-7-5-13-27(30)23-25-34(39)42(41)43-35-20-10-8-18-31(35)32-19-9-11-21-36(32)43/h1-25H. The van der Waals surface area contributed by atoms with Crippen LogP contribution in [0.25, 0.3) is 65.8 Å². The van der Waals surface area contributed by atoms with Crippen molar-refractivity contribution in [2.45, 2.75) is 0 Å². The number of fused-ring (bicyclic) bond motifs is 12. The number of hydrogen-bond donors (Lipinski definition) is 0. The third kappa shape index (κ3) is 2.96. The second kappa shape index (κ2) is 8.44. The van der Waals surface area contributed by atoms with E-state index < -0.39 is 0 Å². The third-order valence-corrected chi connectivity index (χ3v) is 9.49. The fourth-order valence-electron chi connectivity index (χ4n) is 7.79. The quantitative estimate of drug-likeness (QED) is 0.204. The topological polar surface area (TPSA) is 4.93 Å². The van der Waals surface area contributed by atoms with Gasteiger partial charge in [-0.3, -0.25) is 0 Å². The summed E-state index contributed by atoms with van der Waals surface area (Å²) in [5, 5.41) is 7.70. The van der Waals surface area contributed by atoms with E-state index in [9.17, 15) is 0 Å². The molecule has 0 aliphatic heterocycles. The zero-order valence-electron chi connectivity index (χ0n) is 23.4. The molecule has 0 saturated heterocycles. The maximum atomic E-state index is 2.54. The minimum Gasteiger partial charge on any atom is -0.308 e. The first-order valence-corrected chi connectivity index (χ1v) is 15.0. The van der Waals surface area contributed by atoms with Crippen LogP contribution in [0, 0.1) is 0 Å². The van der Waals surface area contributed by atoms with Gasteiger partial charge in [-0.15, -0.1) is 0 Å². The van der Waals surface area contributed by atoms with Gasteiger partial charge < -0.3 is 4.57 Å². The Hall–Kier alpha value is -5.66. The SMILES string of the molecule is c1ccc(C2=C3C(=C(n4c5ccccc5c5ccccc54)c4ccc5ccccc5c43)c3c2ccc2ccccc32)cc1. The van der Waals surface area contributed by atoms with E-state index in [1.165, 1.54) is 93.6 Å². The van der Waals surface area contributed by atoms with Crippen molar-refractivity contribution in [2.75, 3.05) is 0 Å².